The first-order valence-electron chi connectivity index (χ1n) is 5.15. The Hall–Kier alpha value is -2.29. The van der Waals surface area contributed by atoms with Crippen LogP contribution in [0.5, 0.6) is 5.75 Å². The molecule has 8 heteroatoms. The number of rotatable bonds is 5. The molecule has 0 atom stereocenters. The average Bonchev–Trinajstić information content (AvgIpc) is 2.38. The summed E-state index contributed by atoms with van der Waals surface area (Å²) in [7, 11) is -2.66. The zero-order valence-electron chi connectivity index (χ0n) is 10.2. The predicted octanol–water partition coefficient (Wildman–Crippen LogP) is 0.315. The van der Waals surface area contributed by atoms with Crippen LogP contribution in [-0.4, -0.2) is 32.9 Å². The number of hydrogen-bond donors (Lipinski definition) is 1. The second kappa shape index (κ2) is 6.05. The molecule has 1 aromatic rings. The molecule has 2 N–H and O–H groups in total. The van der Waals surface area contributed by atoms with E-state index in [9.17, 15) is 8.42 Å². The molecule has 0 amide bonds. The van der Waals surface area contributed by atoms with Crippen molar-refractivity contribution in [1.82, 2.24) is 4.31 Å². The first-order chi connectivity index (χ1) is 8.97. The van der Waals surface area contributed by atoms with E-state index in [0.717, 1.165) is 4.31 Å². The van der Waals surface area contributed by atoms with Crippen LogP contribution in [0.15, 0.2) is 23.1 Å². The van der Waals surface area contributed by atoms with E-state index in [2.05, 4.69) is 0 Å². The van der Waals surface area contributed by atoms with Crippen molar-refractivity contribution >= 4 is 15.7 Å². The fourth-order valence-corrected chi connectivity index (χ4v) is 2.79. The maximum Gasteiger partial charge on any atom is 0.248 e. The fourth-order valence-electron chi connectivity index (χ4n) is 1.42. The molecule has 100 valence electrons. The van der Waals surface area contributed by atoms with E-state index >= 15 is 0 Å². The smallest absolute Gasteiger partial charge is 0.248 e. The minimum absolute atomic E-state index is 0.0703. The maximum absolute atomic E-state index is 12.3. The summed E-state index contributed by atoms with van der Waals surface area (Å²) in [6.45, 7) is -0.827. The summed E-state index contributed by atoms with van der Waals surface area (Å²) < 4.78 is 30.3. The highest BCUT2D eigenvalue weighted by molar-refractivity contribution is 7.89. The third kappa shape index (κ3) is 3.13. The number of ether oxygens (including phenoxy) is 1. The van der Waals surface area contributed by atoms with Crippen LogP contribution in [0.1, 0.15) is 0 Å². The van der Waals surface area contributed by atoms with Gasteiger partial charge in [-0.2, -0.15) is 14.8 Å². The standard InChI is InChI=1S/C11H12N4O3S/c1-18-10-8-9(14)2-3-11(10)19(16,17)15(6-4-12)7-5-13/h2-3,8H,6-7,14H2,1H3. The molecule has 0 unspecified atom stereocenters. The summed E-state index contributed by atoms with van der Waals surface area (Å²) in [6.07, 6.45) is 0. The third-order valence-corrected chi connectivity index (χ3v) is 4.13. The van der Waals surface area contributed by atoms with Crippen LogP contribution in [0.25, 0.3) is 0 Å². The summed E-state index contributed by atoms with van der Waals surface area (Å²) in [5.41, 5.74) is 5.90. The van der Waals surface area contributed by atoms with Crippen molar-refractivity contribution in [3.8, 4) is 17.9 Å². The summed E-state index contributed by atoms with van der Waals surface area (Å²) in [6, 6.07) is 7.47. The van der Waals surface area contributed by atoms with Crippen molar-refractivity contribution in [3.63, 3.8) is 0 Å². The van der Waals surface area contributed by atoms with Gasteiger partial charge in [-0.1, -0.05) is 0 Å². The van der Waals surface area contributed by atoms with Gasteiger partial charge in [-0.3, -0.25) is 0 Å². The number of nitrogens with two attached hydrogens (primary N) is 1. The van der Waals surface area contributed by atoms with Gasteiger partial charge in [-0.15, -0.1) is 0 Å². The molecular weight excluding hydrogens is 268 g/mol. The molecule has 0 spiro atoms. The van der Waals surface area contributed by atoms with Crippen molar-refractivity contribution in [3.05, 3.63) is 18.2 Å². The van der Waals surface area contributed by atoms with Crippen molar-refractivity contribution in [2.45, 2.75) is 4.90 Å². The van der Waals surface area contributed by atoms with E-state index in [0.29, 0.717) is 5.69 Å². The van der Waals surface area contributed by atoms with Gasteiger partial charge < -0.3 is 10.5 Å². The molecule has 1 rings (SSSR count). The Balaban J connectivity index is 3.34. The molecule has 1 aromatic carbocycles. The second-order valence-corrected chi connectivity index (χ2v) is 5.41. The lowest BCUT2D eigenvalue weighted by molar-refractivity contribution is 0.399. The lowest BCUT2D eigenvalue weighted by Crippen LogP contribution is -2.32. The number of benzene rings is 1. The summed E-state index contributed by atoms with van der Waals surface area (Å²) in [4.78, 5) is -0.130. The first kappa shape index (κ1) is 14.8. The van der Waals surface area contributed by atoms with Crippen LogP contribution >= 0.6 is 0 Å². The van der Waals surface area contributed by atoms with Gasteiger partial charge in [-0.05, 0) is 12.1 Å². The number of anilines is 1. The minimum Gasteiger partial charge on any atom is -0.495 e. The molecule has 19 heavy (non-hydrogen) atoms. The van der Waals surface area contributed by atoms with Gasteiger partial charge in [0.1, 0.15) is 23.7 Å². The Kier molecular flexibility index (Phi) is 4.70. The highest BCUT2D eigenvalue weighted by Gasteiger charge is 2.27. The second-order valence-electron chi connectivity index (χ2n) is 3.50. The predicted molar refractivity (Wildman–Crippen MR) is 67.4 cm³/mol. The SMILES string of the molecule is COc1cc(N)ccc1S(=O)(=O)N(CC#N)CC#N. The van der Waals surface area contributed by atoms with Crippen molar-refractivity contribution in [2.75, 3.05) is 25.9 Å². The fraction of sp³-hybridized carbons (Fsp3) is 0.273. The van der Waals surface area contributed by atoms with Gasteiger partial charge >= 0.3 is 0 Å². The molecule has 0 aliphatic rings. The Morgan fingerprint density at radius 1 is 1.32 bits per heavy atom. The van der Waals surface area contributed by atoms with E-state index in [1.807, 2.05) is 0 Å². The minimum atomic E-state index is -3.98. The van der Waals surface area contributed by atoms with Gasteiger partial charge in [0.25, 0.3) is 0 Å². The van der Waals surface area contributed by atoms with Gasteiger partial charge in [0.2, 0.25) is 10.0 Å². The van der Waals surface area contributed by atoms with Crippen LogP contribution < -0.4 is 10.5 Å². The molecule has 0 fully saturated rings. The normalized spacial score (nSPS) is 10.7. The lowest BCUT2D eigenvalue weighted by atomic mass is 10.3. The van der Waals surface area contributed by atoms with Gasteiger partial charge in [0.05, 0.1) is 19.2 Å². The van der Waals surface area contributed by atoms with Gasteiger partial charge in [0, 0.05) is 11.8 Å². The molecule has 0 saturated heterocycles. The van der Waals surface area contributed by atoms with Crippen LogP contribution in [0, 0.1) is 22.7 Å². The van der Waals surface area contributed by atoms with Gasteiger partial charge in [-0.25, -0.2) is 8.42 Å². The highest BCUT2D eigenvalue weighted by Crippen LogP contribution is 2.28. The maximum atomic E-state index is 12.3. The van der Waals surface area contributed by atoms with Crippen LogP contribution in [0.2, 0.25) is 0 Å². The number of nitrogen functional groups attached to an aromatic ring is 1. The molecular formula is C11H12N4O3S. The first-order valence-corrected chi connectivity index (χ1v) is 6.59. The van der Waals surface area contributed by atoms with Crippen LogP contribution in [0.4, 0.5) is 5.69 Å². The van der Waals surface area contributed by atoms with Crippen LogP contribution in [-0.2, 0) is 10.0 Å². The zero-order chi connectivity index (χ0) is 14.5. The summed E-state index contributed by atoms with van der Waals surface area (Å²) in [5.74, 6) is 0.0703. The molecule has 0 aliphatic carbocycles. The molecule has 0 aromatic heterocycles. The Morgan fingerprint density at radius 3 is 2.37 bits per heavy atom. The monoisotopic (exact) mass is 280 g/mol. The number of hydrogen-bond acceptors (Lipinski definition) is 6. The van der Waals surface area contributed by atoms with E-state index < -0.39 is 23.1 Å². The van der Waals surface area contributed by atoms with Crippen molar-refractivity contribution in [2.24, 2.45) is 0 Å². The Morgan fingerprint density at radius 2 is 1.89 bits per heavy atom. The highest BCUT2D eigenvalue weighted by atomic mass is 32.2. The number of methoxy groups -OCH3 is 1. The molecule has 0 bridgehead atoms. The van der Waals surface area contributed by atoms with E-state index in [-0.39, 0.29) is 10.6 Å². The average molecular weight is 280 g/mol. The topological polar surface area (TPSA) is 120 Å². The quantitative estimate of drug-likeness (QED) is 0.612. The molecule has 0 radical (unpaired) electrons. The third-order valence-electron chi connectivity index (χ3n) is 2.30. The lowest BCUT2D eigenvalue weighted by Gasteiger charge is -2.18. The molecule has 0 saturated carbocycles. The van der Waals surface area contributed by atoms with Gasteiger partial charge in [0.15, 0.2) is 0 Å². The largest absolute Gasteiger partial charge is 0.495 e. The van der Waals surface area contributed by atoms with Crippen LogP contribution in [0.3, 0.4) is 0 Å². The summed E-state index contributed by atoms with van der Waals surface area (Å²) in [5, 5.41) is 17.3. The Labute approximate surface area is 111 Å². The van der Waals surface area contributed by atoms with E-state index in [4.69, 9.17) is 21.0 Å². The molecule has 0 heterocycles. The van der Waals surface area contributed by atoms with E-state index in [1.165, 1.54) is 25.3 Å². The number of nitrogens with zero attached hydrogens (tertiary/aromatic N) is 3. The molecule has 0 aliphatic heterocycles. The Bertz CT molecular complexity index is 627. The van der Waals surface area contributed by atoms with Crippen molar-refractivity contribution < 1.29 is 13.2 Å². The zero-order valence-corrected chi connectivity index (χ0v) is 11.0. The number of nitriles is 2. The summed E-state index contributed by atoms with van der Waals surface area (Å²) >= 11 is 0. The van der Waals surface area contributed by atoms with E-state index in [1.54, 1.807) is 12.1 Å². The number of sulfonamides is 1. The van der Waals surface area contributed by atoms with Crippen molar-refractivity contribution in [1.29, 1.82) is 10.5 Å². The molecule has 7 nitrogen and oxygen atoms in total.